The van der Waals surface area contributed by atoms with Crippen LogP contribution in [-0.2, 0) is 9.53 Å². The van der Waals surface area contributed by atoms with Gasteiger partial charge in [0.05, 0.1) is 0 Å². The standard InChI is InChI=1S/C10H12O4/c1-14-9-6-7(2-4-8(9)11)3-5-10(12)13/h2-5,9,11H,6H2,1H3,(H,12,13). The molecule has 4 heteroatoms. The molecule has 1 aliphatic rings. The van der Waals surface area contributed by atoms with Crippen LogP contribution in [-0.4, -0.2) is 29.4 Å². The first-order valence-corrected chi connectivity index (χ1v) is 4.17. The summed E-state index contributed by atoms with van der Waals surface area (Å²) in [6.07, 6.45) is 5.87. The van der Waals surface area contributed by atoms with Crippen LogP contribution in [0.2, 0.25) is 0 Å². The minimum absolute atomic E-state index is 0.167. The number of allylic oxidation sites excluding steroid dienone is 3. The van der Waals surface area contributed by atoms with Crippen LogP contribution in [0.4, 0.5) is 0 Å². The van der Waals surface area contributed by atoms with Gasteiger partial charge in [0.25, 0.3) is 0 Å². The summed E-state index contributed by atoms with van der Waals surface area (Å²) in [5.41, 5.74) is 0.817. The fourth-order valence-corrected chi connectivity index (χ4v) is 1.19. The molecule has 0 aliphatic heterocycles. The molecule has 14 heavy (non-hydrogen) atoms. The molecular weight excluding hydrogens is 184 g/mol. The molecule has 1 atom stereocenters. The Kier molecular flexibility index (Phi) is 3.48. The van der Waals surface area contributed by atoms with E-state index >= 15 is 0 Å². The Balaban J connectivity index is 2.70. The van der Waals surface area contributed by atoms with Crippen molar-refractivity contribution in [3.8, 4) is 0 Å². The van der Waals surface area contributed by atoms with E-state index in [1.165, 1.54) is 19.3 Å². The zero-order valence-corrected chi connectivity index (χ0v) is 7.80. The lowest BCUT2D eigenvalue weighted by Crippen LogP contribution is -2.16. The van der Waals surface area contributed by atoms with Crippen molar-refractivity contribution in [3.63, 3.8) is 0 Å². The van der Waals surface area contributed by atoms with Gasteiger partial charge in [-0.3, -0.25) is 0 Å². The first kappa shape index (κ1) is 10.5. The van der Waals surface area contributed by atoms with Crippen molar-refractivity contribution < 1.29 is 19.7 Å². The van der Waals surface area contributed by atoms with Gasteiger partial charge in [-0.05, 0) is 11.6 Å². The molecule has 0 aromatic heterocycles. The Morgan fingerprint density at radius 3 is 2.93 bits per heavy atom. The van der Waals surface area contributed by atoms with Crippen molar-refractivity contribution in [2.45, 2.75) is 12.5 Å². The zero-order chi connectivity index (χ0) is 10.6. The van der Waals surface area contributed by atoms with Crippen LogP contribution in [0.15, 0.2) is 35.6 Å². The molecule has 0 spiro atoms. The van der Waals surface area contributed by atoms with E-state index < -0.39 is 5.97 Å². The highest BCUT2D eigenvalue weighted by Gasteiger charge is 2.16. The first-order chi connectivity index (χ1) is 6.63. The number of hydrogen-bond donors (Lipinski definition) is 2. The summed E-state index contributed by atoms with van der Waals surface area (Å²) in [6.45, 7) is 0. The fraction of sp³-hybridized carbons (Fsp3) is 0.300. The lowest BCUT2D eigenvalue weighted by molar-refractivity contribution is -0.131. The lowest BCUT2D eigenvalue weighted by atomic mass is 10.0. The van der Waals surface area contributed by atoms with Crippen LogP contribution >= 0.6 is 0 Å². The van der Waals surface area contributed by atoms with Crippen LogP contribution in [0.1, 0.15) is 6.42 Å². The van der Waals surface area contributed by atoms with E-state index in [1.54, 1.807) is 6.08 Å². The van der Waals surface area contributed by atoms with Crippen molar-refractivity contribution in [1.82, 2.24) is 0 Å². The summed E-state index contributed by atoms with van der Waals surface area (Å²) in [6, 6.07) is 0. The molecule has 0 fully saturated rings. The van der Waals surface area contributed by atoms with Gasteiger partial charge in [0.2, 0.25) is 0 Å². The van der Waals surface area contributed by atoms with Gasteiger partial charge < -0.3 is 14.9 Å². The number of rotatable bonds is 3. The number of methoxy groups -OCH3 is 1. The minimum atomic E-state index is -0.987. The average Bonchev–Trinajstić information content (AvgIpc) is 2.16. The second-order valence-corrected chi connectivity index (χ2v) is 2.93. The van der Waals surface area contributed by atoms with E-state index in [2.05, 4.69) is 0 Å². The maximum atomic E-state index is 10.2. The van der Waals surface area contributed by atoms with Crippen molar-refractivity contribution in [1.29, 1.82) is 0 Å². The third kappa shape index (κ3) is 2.74. The predicted octanol–water partition coefficient (Wildman–Crippen LogP) is 1.41. The highest BCUT2D eigenvalue weighted by Crippen LogP contribution is 2.20. The molecule has 0 radical (unpaired) electrons. The summed E-state index contributed by atoms with van der Waals surface area (Å²) in [5, 5.41) is 17.7. The Bertz CT molecular complexity index is 312. The molecular formula is C10H12O4. The van der Waals surface area contributed by atoms with Crippen molar-refractivity contribution in [2.75, 3.05) is 7.11 Å². The molecule has 0 heterocycles. The third-order valence-electron chi connectivity index (χ3n) is 1.94. The molecule has 4 nitrogen and oxygen atoms in total. The van der Waals surface area contributed by atoms with Gasteiger partial charge in [0, 0.05) is 19.6 Å². The smallest absolute Gasteiger partial charge is 0.328 e. The molecule has 76 valence electrons. The third-order valence-corrected chi connectivity index (χ3v) is 1.94. The number of carboxylic acid groups (broad SMARTS) is 1. The maximum absolute atomic E-state index is 10.2. The summed E-state index contributed by atoms with van der Waals surface area (Å²) >= 11 is 0. The van der Waals surface area contributed by atoms with Gasteiger partial charge in [-0.2, -0.15) is 0 Å². The number of carbonyl (C=O) groups is 1. The topological polar surface area (TPSA) is 66.8 Å². The molecule has 0 aromatic carbocycles. The van der Waals surface area contributed by atoms with E-state index in [0.717, 1.165) is 11.6 Å². The number of aliphatic carboxylic acids is 1. The minimum Gasteiger partial charge on any atom is -0.510 e. The summed E-state index contributed by atoms with van der Waals surface area (Å²) < 4.78 is 5.00. The van der Waals surface area contributed by atoms with Crippen LogP contribution in [0.3, 0.4) is 0 Å². The van der Waals surface area contributed by atoms with E-state index in [-0.39, 0.29) is 11.9 Å². The molecule has 0 saturated heterocycles. The molecule has 0 aromatic rings. The molecule has 1 unspecified atom stereocenters. The van der Waals surface area contributed by atoms with E-state index in [4.69, 9.17) is 9.84 Å². The number of hydrogen-bond acceptors (Lipinski definition) is 3. The van der Waals surface area contributed by atoms with Crippen molar-refractivity contribution in [3.05, 3.63) is 35.6 Å². The quantitative estimate of drug-likeness (QED) is 0.670. The molecule has 0 saturated carbocycles. The van der Waals surface area contributed by atoms with Crippen LogP contribution < -0.4 is 0 Å². The normalized spacial score (nSPS) is 21.9. The predicted molar refractivity (Wildman–Crippen MR) is 51.0 cm³/mol. The zero-order valence-electron chi connectivity index (χ0n) is 7.80. The van der Waals surface area contributed by atoms with Crippen LogP contribution in [0.5, 0.6) is 0 Å². The number of carboxylic acids is 1. The number of aliphatic hydroxyl groups is 1. The second-order valence-electron chi connectivity index (χ2n) is 2.93. The van der Waals surface area contributed by atoms with Crippen molar-refractivity contribution >= 4 is 5.97 Å². The van der Waals surface area contributed by atoms with E-state index in [1.807, 2.05) is 0 Å². The fourth-order valence-electron chi connectivity index (χ4n) is 1.19. The Hall–Kier alpha value is -1.55. The largest absolute Gasteiger partial charge is 0.510 e. The highest BCUT2D eigenvalue weighted by molar-refractivity contribution is 5.80. The van der Waals surface area contributed by atoms with Gasteiger partial charge in [-0.15, -0.1) is 0 Å². The lowest BCUT2D eigenvalue weighted by Gasteiger charge is -2.18. The van der Waals surface area contributed by atoms with Crippen LogP contribution in [0, 0.1) is 0 Å². The Morgan fingerprint density at radius 2 is 2.36 bits per heavy atom. The van der Waals surface area contributed by atoms with Gasteiger partial charge in [-0.25, -0.2) is 4.79 Å². The first-order valence-electron chi connectivity index (χ1n) is 4.17. The summed E-state index contributed by atoms with van der Waals surface area (Å²) in [5.74, 6) is -0.821. The number of aliphatic hydroxyl groups excluding tert-OH is 1. The van der Waals surface area contributed by atoms with Crippen LogP contribution in [0.25, 0.3) is 0 Å². The number of ether oxygens (including phenoxy) is 1. The Labute approximate surface area is 81.8 Å². The molecule has 1 aliphatic carbocycles. The molecule has 0 bridgehead atoms. The monoisotopic (exact) mass is 196 g/mol. The maximum Gasteiger partial charge on any atom is 0.328 e. The molecule has 2 N–H and O–H groups in total. The summed E-state index contributed by atoms with van der Waals surface area (Å²) in [7, 11) is 1.50. The highest BCUT2D eigenvalue weighted by atomic mass is 16.5. The van der Waals surface area contributed by atoms with Crippen molar-refractivity contribution in [2.24, 2.45) is 0 Å². The molecule has 1 rings (SSSR count). The van der Waals surface area contributed by atoms with Gasteiger partial charge in [0.15, 0.2) is 0 Å². The van der Waals surface area contributed by atoms with Gasteiger partial charge in [0.1, 0.15) is 11.9 Å². The van der Waals surface area contributed by atoms with Gasteiger partial charge >= 0.3 is 5.97 Å². The van der Waals surface area contributed by atoms with Gasteiger partial charge in [-0.1, -0.05) is 12.2 Å². The molecule has 0 amide bonds. The average molecular weight is 196 g/mol. The summed E-state index contributed by atoms with van der Waals surface area (Å²) in [4.78, 5) is 10.2. The SMILES string of the molecule is COC1CC(C=CC(=O)O)=CC=C1O. The van der Waals surface area contributed by atoms with E-state index in [9.17, 15) is 9.90 Å². The Morgan fingerprint density at radius 1 is 1.64 bits per heavy atom. The van der Waals surface area contributed by atoms with E-state index in [0.29, 0.717) is 6.42 Å². The second kappa shape index (κ2) is 4.62.